The highest BCUT2D eigenvalue weighted by atomic mass is 14.8. The third kappa shape index (κ3) is 1.96. The van der Waals surface area contributed by atoms with Gasteiger partial charge < -0.3 is 0 Å². The van der Waals surface area contributed by atoms with Crippen LogP contribution in [0.1, 0.15) is 16.8 Å². The Balaban J connectivity index is 2.24. The molecule has 0 aliphatic rings. The molecule has 0 bridgehead atoms. The highest BCUT2D eigenvalue weighted by molar-refractivity contribution is 5.25. The average molecular weight is 183 g/mol. The third-order valence-corrected chi connectivity index (χ3v) is 2.17. The molecule has 1 aromatic carbocycles. The Hall–Kier alpha value is -1.70. The van der Waals surface area contributed by atoms with Crippen molar-refractivity contribution >= 4 is 0 Å². The Bertz CT molecular complexity index is 410. The van der Waals surface area contributed by atoms with Gasteiger partial charge in [-0.3, -0.25) is 0 Å². The quantitative estimate of drug-likeness (QED) is 0.713. The van der Waals surface area contributed by atoms with Gasteiger partial charge in [-0.25, -0.2) is 9.97 Å². The number of hydrogen-bond donors (Lipinski definition) is 0. The number of aromatic nitrogens is 2. The summed E-state index contributed by atoms with van der Waals surface area (Å²) in [6, 6.07) is 10.3. The van der Waals surface area contributed by atoms with Gasteiger partial charge in [-0.1, -0.05) is 30.3 Å². The van der Waals surface area contributed by atoms with Crippen molar-refractivity contribution in [2.75, 3.05) is 0 Å². The first-order valence-corrected chi connectivity index (χ1v) is 4.58. The van der Waals surface area contributed by atoms with Crippen molar-refractivity contribution in [3.05, 3.63) is 59.7 Å². The lowest BCUT2D eigenvalue weighted by atomic mass is 10.1. The lowest BCUT2D eigenvalue weighted by Gasteiger charge is -2.02. The zero-order valence-electron chi connectivity index (χ0n) is 8.07. The molecule has 2 heteroatoms. The van der Waals surface area contributed by atoms with Gasteiger partial charge in [-0.15, -0.1) is 0 Å². The summed E-state index contributed by atoms with van der Waals surface area (Å²) in [5.74, 6) is 0. The average Bonchev–Trinajstić information content (AvgIpc) is 2.23. The number of nitrogens with zero attached hydrogens (tertiary/aromatic N) is 2. The maximum absolute atomic E-state index is 4.13. The summed E-state index contributed by atoms with van der Waals surface area (Å²) >= 11 is 0. The van der Waals surface area contributed by atoms with Crippen molar-refractivity contribution in [3.63, 3.8) is 0 Å². The second-order valence-electron chi connectivity index (χ2n) is 3.21. The Morgan fingerprint density at radius 1 is 1.21 bits per heavy atom. The molecule has 0 N–H and O–H groups in total. The van der Waals surface area contributed by atoms with E-state index in [1.807, 2.05) is 25.1 Å². The first-order chi connectivity index (χ1) is 6.86. The van der Waals surface area contributed by atoms with Gasteiger partial charge in [0.15, 0.2) is 0 Å². The molecular weight excluding hydrogens is 172 g/mol. The van der Waals surface area contributed by atoms with Crippen molar-refractivity contribution in [1.82, 2.24) is 9.97 Å². The van der Waals surface area contributed by atoms with E-state index in [2.05, 4.69) is 28.3 Å². The molecule has 1 heterocycles. The number of hydrogen-bond acceptors (Lipinski definition) is 2. The maximum atomic E-state index is 4.13. The fraction of sp³-hybridized carbons (Fsp3) is 0.167. The fourth-order valence-corrected chi connectivity index (χ4v) is 1.35. The summed E-state index contributed by atoms with van der Waals surface area (Å²) in [4.78, 5) is 8.04. The minimum Gasteiger partial charge on any atom is -0.241 e. The predicted molar refractivity (Wildman–Crippen MR) is 54.9 cm³/mol. The molecule has 0 amide bonds. The highest BCUT2D eigenvalue weighted by Crippen LogP contribution is 2.09. The van der Waals surface area contributed by atoms with Crippen LogP contribution >= 0.6 is 0 Å². The summed E-state index contributed by atoms with van der Waals surface area (Å²) in [6.07, 6.45) is 5.36. The maximum Gasteiger partial charge on any atom is 0.116 e. The van der Waals surface area contributed by atoms with E-state index in [4.69, 9.17) is 0 Å². The zero-order valence-corrected chi connectivity index (χ0v) is 8.07. The van der Waals surface area contributed by atoms with Gasteiger partial charge in [0.1, 0.15) is 6.33 Å². The Morgan fingerprint density at radius 2 is 2.00 bits per heavy atom. The molecule has 2 nitrogen and oxygen atoms in total. The molecule has 69 valence electrons. The van der Waals surface area contributed by atoms with Crippen LogP contribution in [0.15, 0.2) is 36.7 Å². The van der Waals surface area contributed by atoms with Crippen LogP contribution in [0.25, 0.3) is 0 Å². The minimum atomic E-state index is 0.855. The highest BCUT2D eigenvalue weighted by Gasteiger charge is 2.00. The summed E-state index contributed by atoms with van der Waals surface area (Å²) in [6.45, 7) is 1.98. The Labute approximate surface area is 83.7 Å². The summed E-state index contributed by atoms with van der Waals surface area (Å²) in [5, 5.41) is 0. The van der Waals surface area contributed by atoms with E-state index in [-0.39, 0.29) is 0 Å². The lowest BCUT2D eigenvalue weighted by Crippen LogP contribution is -1.95. The van der Waals surface area contributed by atoms with E-state index in [9.17, 15) is 0 Å². The van der Waals surface area contributed by atoms with Crippen molar-refractivity contribution < 1.29 is 0 Å². The second-order valence-corrected chi connectivity index (χ2v) is 3.21. The number of aryl methyl sites for hydroxylation is 1. The van der Waals surface area contributed by atoms with Gasteiger partial charge >= 0.3 is 0 Å². The second kappa shape index (κ2) is 4.01. The monoisotopic (exact) mass is 183 g/mol. The van der Waals surface area contributed by atoms with Crippen LogP contribution in [-0.4, -0.2) is 9.97 Å². The van der Waals surface area contributed by atoms with Crippen LogP contribution in [0.3, 0.4) is 0 Å². The lowest BCUT2D eigenvalue weighted by molar-refractivity contribution is 1.01. The Morgan fingerprint density at radius 3 is 2.71 bits per heavy atom. The standard InChI is InChI=1S/C12H11N2/c1-10-12(8-13-9-14-10)7-11-5-3-2-4-6-11/h2-6,9H,7H2,1H3. The summed E-state index contributed by atoms with van der Waals surface area (Å²) < 4.78 is 0. The number of benzene rings is 1. The van der Waals surface area contributed by atoms with E-state index in [1.54, 1.807) is 0 Å². The van der Waals surface area contributed by atoms with Gasteiger partial charge in [0.2, 0.25) is 0 Å². The summed E-state index contributed by atoms with van der Waals surface area (Å²) in [5.41, 5.74) is 3.34. The van der Waals surface area contributed by atoms with Crippen LogP contribution in [0, 0.1) is 13.1 Å². The molecule has 0 spiro atoms. The molecular formula is C12H11N2. The summed E-state index contributed by atoms with van der Waals surface area (Å²) in [7, 11) is 0. The molecule has 0 unspecified atom stereocenters. The molecule has 0 aliphatic heterocycles. The van der Waals surface area contributed by atoms with Gasteiger partial charge in [0.25, 0.3) is 0 Å². The van der Waals surface area contributed by atoms with Crippen molar-refractivity contribution in [2.24, 2.45) is 0 Å². The van der Waals surface area contributed by atoms with Gasteiger partial charge in [-0.2, -0.15) is 0 Å². The SMILES string of the molecule is Cc1ncn[c]c1Cc1ccccc1. The van der Waals surface area contributed by atoms with Gasteiger partial charge in [0, 0.05) is 17.7 Å². The van der Waals surface area contributed by atoms with Crippen molar-refractivity contribution in [1.29, 1.82) is 0 Å². The van der Waals surface area contributed by atoms with E-state index < -0.39 is 0 Å². The van der Waals surface area contributed by atoms with E-state index in [1.165, 1.54) is 11.9 Å². The van der Waals surface area contributed by atoms with E-state index in [0.29, 0.717) is 0 Å². The third-order valence-electron chi connectivity index (χ3n) is 2.17. The van der Waals surface area contributed by atoms with Crippen LogP contribution in [0.5, 0.6) is 0 Å². The largest absolute Gasteiger partial charge is 0.241 e. The van der Waals surface area contributed by atoms with Crippen LogP contribution in [-0.2, 0) is 6.42 Å². The smallest absolute Gasteiger partial charge is 0.116 e. The predicted octanol–water partition coefficient (Wildman–Crippen LogP) is 2.18. The van der Waals surface area contributed by atoms with E-state index >= 15 is 0 Å². The van der Waals surface area contributed by atoms with Crippen LogP contribution in [0.4, 0.5) is 0 Å². The normalized spacial score (nSPS) is 10.1. The van der Waals surface area contributed by atoms with Gasteiger partial charge in [0.05, 0.1) is 6.20 Å². The number of rotatable bonds is 2. The first-order valence-electron chi connectivity index (χ1n) is 4.58. The Kier molecular flexibility index (Phi) is 2.54. The molecule has 1 aromatic heterocycles. The molecule has 2 rings (SSSR count). The molecule has 0 aliphatic carbocycles. The fourth-order valence-electron chi connectivity index (χ4n) is 1.35. The molecule has 0 atom stereocenters. The van der Waals surface area contributed by atoms with Crippen molar-refractivity contribution in [2.45, 2.75) is 13.3 Å². The van der Waals surface area contributed by atoms with Crippen molar-refractivity contribution in [3.8, 4) is 0 Å². The molecule has 0 fully saturated rings. The molecule has 0 saturated carbocycles. The topological polar surface area (TPSA) is 25.8 Å². The zero-order chi connectivity index (χ0) is 9.80. The molecule has 0 saturated heterocycles. The first kappa shape index (κ1) is 8.88. The van der Waals surface area contributed by atoms with Crippen LogP contribution in [0.2, 0.25) is 0 Å². The molecule has 1 radical (unpaired) electrons. The van der Waals surface area contributed by atoms with Crippen LogP contribution < -0.4 is 0 Å². The van der Waals surface area contributed by atoms with E-state index in [0.717, 1.165) is 17.7 Å². The van der Waals surface area contributed by atoms with Gasteiger partial charge in [-0.05, 0) is 12.5 Å². The molecule has 14 heavy (non-hydrogen) atoms. The minimum absolute atomic E-state index is 0.855. The molecule has 2 aromatic rings.